The van der Waals surface area contributed by atoms with E-state index >= 15 is 0 Å². The summed E-state index contributed by atoms with van der Waals surface area (Å²) < 4.78 is 38.2. The smallest absolute Gasteiger partial charge is 0.385 e. The van der Waals surface area contributed by atoms with Gasteiger partial charge in [-0.1, -0.05) is 6.92 Å². The molecule has 1 aliphatic rings. The van der Waals surface area contributed by atoms with Crippen LogP contribution in [0.15, 0.2) is 18.5 Å². The molecule has 1 saturated heterocycles. The van der Waals surface area contributed by atoms with Crippen LogP contribution in [0, 0.1) is 0 Å². The van der Waals surface area contributed by atoms with Crippen LogP contribution >= 0.6 is 0 Å². The molecule has 0 radical (unpaired) electrons. The Hall–Kier alpha value is -1.63. The van der Waals surface area contributed by atoms with Crippen LogP contribution < -0.4 is 0 Å². The number of hydrogen-bond acceptors (Lipinski definition) is 3. The number of alkyl halides is 3. The number of aromatic nitrogens is 1. The van der Waals surface area contributed by atoms with Crippen LogP contribution in [0.3, 0.4) is 0 Å². The maximum atomic E-state index is 12.7. The largest absolute Gasteiger partial charge is 0.417 e. The van der Waals surface area contributed by atoms with E-state index < -0.39 is 17.3 Å². The first kappa shape index (κ1) is 16.7. The number of piperidine rings is 1. The van der Waals surface area contributed by atoms with E-state index in [0.29, 0.717) is 19.5 Å². The Morgan fingerprint density at radius 1 is 1.36 bits per heavy atom. The number of carbonyl (C=O) groups is 1. The van der Waals surface area contributed by atoms with Crippen molar-refractivity contribution in [2.24, 2.45) is 0 Å². The summed E-state index contributed by atoms with van der Waals surface area (Å²) in [7, 11) is 0. The van der Waals surface area contributed by atoms with Crippen LogP contribution in [0.25, 0.3) is 0 Å². The first-order valence-corrected chi connectivity index (χ1v) is 7.29. The van der Waals surface area contributed by atoms with Crippen molar-refractivity contribution in [3.63, 3.8) is 0 Å². The van der Waals surface area contributed by atoms with Crippen molar-refractivity contribution in [2.75, 3.05) is 13.1 Å². The molecule has 1 aromatic heterocycles. The summed E-state index contributed by atoms with van der Waals surface area (Å²) >= 11 is 0. The van der Waals surface area contributed by atoms with Gasteiger partial charge in [0.15, 0.2) is 0 Å². The lowest BCUT2D eigenvalue weighted by Gasteiger charge is -2.38. The number of carbonyl (C=O) groups excluding carboxylic acids is 1. The van der Waals surface area contributed by atoms with Crippen molar-refractivity contribution in [1.29, 1.82) is 0 Å². The first-order chi connectivity index (χ1) is 10.3. The Morgan fingerprint density at radius 3 is 2.55 bits per heavy atom. The zero-order valence-corrected chi connectivity index (χ0v) is 12.4. The van der Waals surface area contributed by atoms with Gasteiger partial charge in [-0.3, -0.25) is 9.78 Å². The summed E-state index contributed by atoms with van der Waals surface area (Å²) in [5.74, 6) is 0.0201. The number of pyridine rings is 1. The Balaban J connectivity index is 2.12. The molecule has 122 valence electrons. The normalized spacial score (nSPS) is 18.3. The molecule has 2 rings (SSSR count). The molecule has 7 heteroatoms. The molecule has 0 spiro atoms. The summed E-state index contributed by atoms with van der Waals surface area (Å²) in [6.07, 6.45) is -0.861. The number of amides is 1. The first-order valence-electron chi connectivity index (χ1n) is 7.29. The summed E-state index contributed by atoms with van der Waals surface area (Å²) in [4.78, 5) is 17.1. The van der Waals surface area contributed by atoms with E-state index in [1.807, 2.05) is 6.92 Å². The second kappa shape index (κ2) is 6.24. The van der Waals surface area contributed by atoms with Crippen molar-refractivity contribution in [3.05, 3.63) is 29.6 Å². The number of likely N-dealkylation sites (tertiary alicyclic amines) is 1. The van der Waals surface area contributed by atoms with E-state index in [9.17, 15) is 23.1 Å². The van der Waals surface area contributed by atoms with E-state index in [4.69, 9.17) is 0 Å². The summed E-state index contributed by atoms with van der Waals surface area (Å²) in [5, 5.41) is 10.6. The molecule has 1 fully saturated rings. The molecular formula is C15H19F3N2O2. The minimum Gasteiger partial charge on any atom is -0.385 e. The molecule has 0 atom stereocenters. The SMILES string of the molecule is CCCC(=O)N1CCC(O)(c2cncc(C(F)(F)F)c2)CC1. The van der Waals surface area contributed by atoms with Crippen molar-refractivity contribution >= 4 is 5.91 Å². The Labute approximate surface area is 127 Å². The summed E-state index contributed by atoms with van der Waals surface area (Å²) in [6, 6.07) is 0.941. The van der Waals surface area contributed by atoms with Gasteiger partial charge in [-0.2, -0.15) is 13.2 Å². The molecule has 0 aliphatic carbocycles. The van der Waals surface area contributed by atoms with Crippen molar-refractivity contribution < 1.29 is 23.1 Å². The van der Waals surface area contributed by atoms with Crippen molar-refractivity contribution in [3.8, 4) is 0 Å². The van der Waals surface area contributed by atoms with Crippen LogP contribution in [0.2, 0.25) is 0 Å². The van der Waals surface area contributed by atoms with Crippen LogP contribution in [0.1, 0.15) is 43.7 Å². The second-order valence-electron chi connectivity index (χ2n) is 5.62. The zero-order chi connectivity index (χ0) is 16.4. The second-order valence-corrected chi connectivity index (χ2v) is 5.62. The van der Waals surface area contributed by atoms with Crippen LogP contribution in [0.5, 0.6) is 0 Å². The fourth-order valence-corrected chi connectivity index (χ4v) is 2.64. The van der Waals surface area contributed by atoms with Crippen molar-refractivity contribution in [2.45, 2.75) is 44.4 Å². The summed E-state index contributed by atoms with van der Waals surface area (Å²) in [6.45, 7) is 2.59. The molecule has 0 bridgehead atoms. The lowest BCUT2D eigenvalue weighted by Crippen LogP contribution is -2.45. The average molecular weight is 316 g/mol. The highest BCUT2D eigenvalue weighted by molar-refractivity contribution is 5.76. The highest BCUT2D eigenvalue weighted by atomic mass is 19.4. The molecule has 1 aliphatic heterocycles. The number of rotatable bonds is 3. The van der Waals surface area contributed by atoms with E-state index in [2.05, 4.69) is 4.98 Å². The standard InChI is InChI=1S/C15H19F3N2O2/c1-2-3-13(21)20-6-4-14(22,5-7-20)11-8-12(10-19-9-11)15(16,17)18/h8-10,22H,2-7H2,1H3. The molecule has 1 aromatic rings. The fourth-order valence-electron chi connectivity index (χ4n) is 2.64. The van der Waals surface area contributed by atoms with Gasteiger partial charge >= 0.3 is 6.18 Å². The predicted molar refractivity (Wildman–Crippen MR) is 73.9 cm³/mol. The number of nitrogens with zero attached hydrogens (tertiary/aromatic N) is 2. The predicted octanol–water partition coefficient (Wildman–Crippen LogP) is 2.71. The third-order valence-corrected chi connectivity index (χ3v) is 4.01. The van der Waals surface area contributed by atoms with E-state index in [1.165, 1.54) is 6.20 Å². The zero-order valence-electron chi connectivity index (χ0n) is 12.4. The number of hydrogen-bond donors (Lipinski definition) is 1. The Morgan fingerprint density at radius 2 is 2.00 bits per heavy atom. The van der Waals surface area contributed by atoms with E-state index in [-0.39, 0.29) is 24.3 Å². The van der Waals surface area contributed by atoms with Crippen LogP contribution in [0.4, 0.5) is 13.2 Å². The molecule has 0 saturated carbocycles. The van der Waals surface area contributed by atoms with Gasteiger partial charge in [0, 0.05) is 37.5 Å². The van der Waals surface area contributed by atoms with Crippen LogP contribution in [-0.4, -0.2) is 34.0 Å². The van der Waals surface area contributed by atoms with Gasteiger partial charge in [0.25, 0.3) is 0 Å². The molecule has 0 aromatic carbocycles. The Bertz CT molecular complexity index is 538. The highest BCUT2D eigenvalue weighted by Crippen LogP contribution is 2.36. The van der Waals surface area contributed by atoms with E-state index in [1.54, 1.807) is 4.90 Å². The molecule has 1 amide bonds. The van der Waals surface area contributed by atoms with E-state index in [0.717, 1.165) is 18.7 Å². The monoisotopic (exact) mass is 316 g/mol. The topological polar surface area (TPSA) is 53.4 Å². The van der Waals surface area contributed by atoms with Crippen molar-refractivity contribution in [1.82, 2.24) is 9.88 Å². The molecule has 22 heavy (non-hydrogen) atoms. The minimum atomic E-state index is -4.49. The minimum absolute atomic E-state index is 0.0201. The van der Waals surface area contributed by atoms with Gasteiger partial charge in [0.1, 0.15) is 0 Å². The number of halogens is 3. The third-order valence-electron chi connectivity index (χ3n) is 4.01. The van der Waals surface area contributed by atoms with Gasteiger partial charge in [0.05, 0.1) is 11.2 Å². The van der Waals surface area contributed by atoms with Gasteiger partial charge in [-0.15, -0.1) is 0 Å². The quantitative estimate of drug-likeness (QED) is 0.933. The lowest BCUT2D eigenvalue weighted by molar-refractivity contribution is -0.138. The lowest BCUT2D eigenvalue weighted by atomic mass is 9.84. The Kier molecular flexibility index (Phi) is 4.75. The van der Waals surface area contributed by atoms with Gasteiger partial charge in [-0.25, -0.2) is 0 Å². The molecule has 2 heterocycles. The molecule has 4 nitrogen and oxygen atoms in total. The molecule has 1 N–H and O–H groups in total. The molecule has 0 unspecified atom stereocenters. The van der Waals surface area contributed by atoms with Gasteiger partial charge < -0.3 is 10.0 Å². The molecular weight excluding hydrogens is 297 g/mol. The summed E-state index contributed by atoms with van der Waals surface area (Å²) in [5.41, 5.74) is -2.08. The fraction of sp³-hybridized carbons (Fsp3) is 0.600. The van der Waals surface area contributed by atoms with Gasteiger partial charge in [0.2, 0.25) is 5.91 Å². The third kappa shape index (κ3) is 3.58. The maximum absolute atomic E-state index is 12.7. The highest BCUT2D eigenvalue weighted by Gasteiger charge is 2.38. The number of aliphatic hydroxyl groups is 1. The van der Waals surface area contributed by atoms with Crippen LogP contribution in [-0.2, 0) is 16.6 Å². The maximum Gasteiger partial charge on any atom is 0.417 e. The van der Waals surface area contributed by atoms with Gasteiger partial charge in [-0.05, 0) is 25.3 Å². The average Bonchev–Trinajstić information content (AvgIpc) is 2.47.